The van der Waals surface area contributed by atoms with E-state index in [0.717, 1.165) is 23.4 Å². The second kappa shape index (κ2) is 6.73. The van der Waals surface area contributed by atoms with Gasteiger partial charge in [-0.25, -0.2) is 4.39 Å². The van der Waals surface area contributed by atoms with E-state index in [1.165, 1.54) is 17.0 Å². The first-order chi connectivity index (χ1) is 13.3. The number of carbonyl (C=O) groups is 1. The van der Waals surface area contributed by atoms with Gasteiger partial charge in [0, 0.05) is 36.3 Å². The topological polar surface area (TPSA) is 47.4 Å². The zero-order chi connectivity index (χ0) is 20.1. The van der Waals surface area contributed by atoms with Crippen LogP contribution >= 0.6 is 0 Å². The lowest BCUT2D eigenvalue weighted by Crippen LogP contribution is -2.51. The number of nitrogens with zero attached hydrogens (tertiary/aromatic N) is 3. The summed E-state index contributed by atoms with van der Waals surface area (Å²) in [5, 5.41) is 4.62. The quantitative estimate of drug-likeness (QED) is 0.590. The maximum atomic E-state index is 13.0. The number of likely N-dealkylation sites (tertiary alicyclic amines) is 1. The molecule has 0 bridgehead atoms. The van der Waals surface area contributed by atoms with Crippen molar-refractivity contribution in [2.45, 2.75) is 25.2 Å². The number of fused-ring (bicyclic) bond motifs is 1. The third-order valence-electron chi connectivity index (χ3n) is 5.06. The summed E-state index contributed by atoms with van der Waals surface area (Å²) in [6.45, 7) is 4.47. The van der Waals surface area contributed by atoms with Gasteiger partial charge in [-0.2, -0.15) is 18.3 Å². The fourth-order valence-corrected chi connectivity index (χ4v) is 3.56. The SMILES string of the molecule is C=C(F)C(=O)N1CC(n2nc(-c3ccc(C(F)(F)F)cc3)c3c2CCOC3)C1. The maximum Gasteiger partial charge on any atom is 0.416 e. The lowest BCUT2D eigenvalue weighted by Gasteiger charge is -2.39. The Labute approximate surface area is 158 Å². The predicted octanol–water partition coefficient (Wildman–Crippen LogP) is 3.51. The van der Waals surface area contributed by atoms with E-state index in [1.807, 2.05) is 0 Å². The molecule has 9 heteroatoms. The van der Waals surface area contributed by atoms with Gasteiger partial charge in [0.15, 0.2) is 5.83 Å². The Morgan fingerprint density at radius 1 is 1.21 bits per heavy atom. The molecule has 28 heavy (non-hydrogen) atoms. The molecule has 1 saturated heterocycles. The van der Waals surface area contributed by atoms with E-state index in [9.17, 15) is 22.4 Å². The Bertz CT molecular complexity index is 928. The third kappa shape index (κ3) is 3.19. The first-order valence-corrected chi connectivity index (χ1v) is 8.75. The minimum absolute atomic E-state index is 0.113. The predicted molar refractivity (Wildman–Crippen MR) is 91.9 cm³/mol. The summed E-state index contributed by atoms with van der Waals surface area (Å²) in [6, 6.07) is 4.74. The Kier molecular flexibility index (Phi) is 4.49. The molecule has 1 aromatic heterocycles. The van der Waals surface area contributed by atoms with Gasteiger partial charge in [0.2, 0.25) is 0 Å². The molecule has 1 amide bonds. The lowest BCUT2D eigenvalue weighted by molar-refractivity contribution is -0.137. The number of halogens is 4. The van der Waals surface area contributed by atoms with E-state index < -0.39 is 23.5 Å². The Morgan fingerprint density at radius 3 is 2.50 bits per heavy atom. The molecule has 0 radical (unpaired) electrons. The van der Waals surface area contributed by atoms with E-state index in [1.54, 1.807) is 4.68 Å². The largest absolute Gasteiger partial charge is 0.416 e. The normalized spacial score (nSPS) is 17.2. The first-order valence-electron chi connectivity index (χ1n) is 8.75. The number of benzene rings is 1. The summed E-state index contributed by atoms with van der Waals surface area (Å²) in [5.74, 6) is -1.73. The van der Waals surface area contributed by atoms with Crippen molar-refractivity contribution in [2.75, 3.05) is 19.7 Å². The number of aromatic nitrogens is 2. The molecule has 0 atom stereocenters. The first kappa shape index (κ1) is 18.7. The van der Waals surface area contributed by atoms with Crippen LogP contribution in [-0.4, -0.2) is 40.3 Å². The number of hydrogen-bond donors (Lipinski definition) is 0. The van der Waals surface area contributed by atoms with Crippen molar-refractivity contribution in [1.82, 2.24) is 14.7 Å². The molecule has 148 valence electrons. The summed E-state index contributed by atoms with van der Waals surface area (Å²) in [6.07, 6.45) is -3.79. The average Bonchev–Trinajstić information content (AvgIpc) is 2.99. The highest BCUT2D eigenvalue weighted by Gasteiger charge is 2.37. The van der Waals surface area contributed by atoms with Crippen molar-refractivity contribution in [3.63, 3.8) is 0 Å². The van der Waals surface area contributed by atoms with Gasteiger partial charge in [-0.1, -0.05) is 18.7 Å². The second-order valence-electron chi connectivity index (χ2n) is 6.86. The molecule has 1 aromatic carbocycles. The summed E-state index contributed by atoms with van der Waals surface area (Å²) in [7, 11) is 0. The van der Waals surface area contributed by atoms with Gasteiger partial charge in [-0.15, -0.1) is 0 Å². The number of ether oxygens (including phenoxy) is 1. The monoisotopic (exact) mass is 395 g/mol. The number of rotatable bonds is 3. The maximum absolute atomic E-state index is 13.0. The summed E-state index contributed by atoms with van der Waals surface area (Å²) in [5.41, 5.74) is 2.20. The lowest BCUT2D eigenvalue weighted by atomic mass is 10.0. The summed E-state index contributed by atoms with van der Waals surface area (Å²) >= 11 is 0. The van der Waals surface area contributed by atoms with E-state index in [4.69, 9.17) is 4.74 Å². The number of amides is 1. The van der Waals surface area contributed by atoms with Crippen molar-refractivity contribution < 1.29 is 27.1 Å². The second-order valence-corrected chi connectivity index (χ2v) is 6.86. The highest BCUT2D eigenvalue weighted by molar-refractivity contribution is 5.91. The molecule has 0 spiro atoms. The molecule has 0 N–H and O–H groups in total. The van der Waals surface area contributed by atoms with E-state index in [-0.39, 0.29) is 6.04 Å². The molecule has 4 rings (SSSR count). The molecule has 0 unspecified atom stereocenters. The number of carbonyl (C=O) groups excluding carboxylic acids is 1. The Morgan fingerprint density at radius 2 is 1.89 bits per heavy atom. The standard InChI is InChI=1S/C19H17F4N3O2/c1-11(20)18(27)25-8-14(9-25)26-16-6-7-28-10-15(16)17(24-26)12-2-4-13(5-3-12)19(21,22)23/h2-5,14H,1,6-10H2. The summed E-state index contributed by atoms with van der Waals surface area (Å²) in [4.78, 5) is 13.0. The van der Waals surface area contributed by atoms with Crippen molar-refractivity contribution in [3.05, 3.63) is 53.5 Å². The highest BCUT2D eigenvalue weighted by Crippen LogP contribution is 2.35. The Hall–Kier alpha value is -2.68. The van der Waals surface area contributed by atoms with Crippen molar-refractivity contribution in [3.8, 4) is 11.3 Å². The van der Waals surface area contributed by atoms with Crippen LogP contribution in [0.5, 0.6) is 0 Å². The molecule has 2 aliphatic heterocycles. The third-order valence-corrected chi connectivity index (χ3v) is 5.06. The van der Waals surface area contributed by atoms with Crippen LogP contribution in [0, 0.1) is 0 Å². The van der Waals surface area contributed by atoms with Gasteiger partial charge in [0.1, 0.15) is 0 Å². The van der Waals surface area contributed by atoms with E-state index in [0.29, 0.717) is 44.0 Å². The van der Waals surface area contributed by atoms with Gasteiger partial charge in [0.25, 0.3) is 5.91 Å². The van der Waals surface area contributed by atoms with Crippen LogP contribution in [0.3, 0.4) is 0 Å². The molecule has 2 aromatic rings. The number of hydrogen-bond acceptors (Lipinski definition) is 3. The molecule has 0 saturated carbocycles. The zero-order valence-corrected chi connectivity index (χ0v) is 14.8. The molecular formula is C19H17F4N3O2. The van der Waals surface area contributed by atoms with Crippen molar-refractivity contribution in [1.29, 1.82) is 0 Å². The fourth-order valence-electron chi connectivity index (χ4n) is 3.56. The number of alkyl halides is 3. The van der Waals surface area contributed by atoms with Crippen LogP contribution in [0.4, 0.5) is 17.6 Å². The van der Waals surface area contributed by atoms with Crippen LogP contribution in [-0.2, 0) is 28.7 Å². The van der Waals surface area contributed by atoms with Crippen molar-refractivity contribution >= 4 is 5.91 Å². The minimum Gasteiger partial charge on any atom is -0.376 e. The summed E-state index contributed by atoms with van der Waals surface area (Å²) < 4.78 is 58.8. The molecule has 0 aliphatic carbocycles. The van der Waals surface area contributed by atoms with E-state index >= 15 is 0 Å². The van der Waals surface area contributed by atoms with Crippen LogP contribution in [0.2, 0.25) is 0 Å². The molecule has 5 nitrogen and oxygen atoms in total. The molecule has 2 aliphatic rings. The fraction of sp³-hybridized carbons (Fsp3) is 0.368. The average molecular weight is 395 g/mol. The minimum atomic E-state index is -4.40. The Balaban J connectivity index is 1.63. The van der Waals surface area contributed by atoms with Crippen LogP contribution in [0.25, 0.3) is 11.3 Å². The van der Waals surface area contributed by atoms with Crippen LogP contribution < -0.4 is 0 Å². The van der Waals surface area contributed by atoms with Gasteiger partial charge in [0.05, 0.1) is 30.5 Å². The van der Waals surface area contributed by atoms with Crippen molar-refractivity contribution in [2.24, 2.45) is 0 Å². The highest BCUT2D eigenvalue weighted by atomic mass is 19.4. The smallest absolute Gasteiger partial charge is 0.376 e. The van der Waals surface area contributed by atoms with Gasteiger partial charge >= 0.3 is 6.18 Å². The van der Waals surface area contributed by atoms with Gasteiger partial charge in [-0.05, 0) is 12.1 Å². The van der Waals surface area contributed by atoms with Gasteiger partial charge in [-0.3, -0.25) is 9.48 Å². The molecule has 3 heterocycles. The molecular weight excluding hydrogens is 378 g/mol. The van der Waals surface area contributed by atoms with Gasteiger partial charge < -0.3 is 9.64 Å². The van der Waals surface area contributed by atoms with Crippen LogP contribution in [0.1, 0.15) is 22.9 Å². The zero-order valence-electron chi connectivity index (χ0n) is 14.8. The molecule has 1 fully saturated rings. The van der Waals surface area contributed by atoms with E-state index in [2.05, 4.69) is 11.7 Å². The van der Waals surface area contributed by atoms with Crippen LogP contribution in [0.15, 0.2) is 36.7 Å².